The standard InChI is InChI=1S/C14H20BrNO2.ClH/c1-17-12-4-5-14(13(15)9-12)18-8-6-11-3-2-7-16-10-11;/h4-5,9,11,16H,2-3,6-8,10H2,1H3;1H. The van der Waals surface area contributed by atoms with Crippen LogP contribution in [0.3, 0.4) is 0 Å². The number of benzene rings is 1. The highest BCUT2D eigenvalue weighted by Gasteiger charge is 2.13. The van der Waals surface area contributed by atoms with E-state index in [2.05, 4.69) is 21.2 Å². The van der Waals surface area contributed by atoms with Crippen LogP contribution in [0.1, 0.15) is 19.3 Å². The zero-order valence-corrected chi connectivity index (χ0v) is 13.6. The predicted octanol–water partition coefficient (Wildman–Crippen LogP) is 3.65. The molecule has 1 aromatic rings. The van der Waals surface area contributed by atoms with Crippen LogP contribution in [-0.2, 0) is 0 Å². The summed E-state index contributed by atoms with van der Waals surface area (Å²) in [6.07, 6.45) is 3.72. The van der Waals surface area contributed by atoms with Crippen LogP contribution in [0.15, 0.2) is 22.7 Å². The lowest BCUT2D eigenvalue weighted by Crippen LogP contribution is -2.30. The number of ether oxygens (including phenoxy) is 2. The molecule has 0 amide bonds. The lowest BCUT2D eigenvalue weighted by atomic mass is 9.97. The minimum Gasteiger partial charge on any atom is -0.497 e. The highest BCUT2D eigenvalue weighted by Crippen LogP contribution is 2.29. The summed E-state index contributed by atoms with van der Waals surface area (Å²) in [7, 11) is 1.67. The highest BCUT2D eigenvalue weighted by molar-refractivity contribution is 9.10. The Hall–Kier alpha value is -0.450. The summed E-state index contributed by atoms with van der Waals surface area (Å²) in [5.41, 5.74) is 0. The first-order valence-corrected chi connectivity index (χ1v) is 7.26. The van der Waals surface area contributed by atoms with E-state index in [1.54, 1.807) is 7.11 Å². The predicted molar refractivity (Wildman–Crippen MR) is 83.6 cm³/mol. The third kappa shape index (κ3) is 5.21. The van der Waals surface area contributed by atoms with Crippen molar-refractivity contribution < 1.29 is 9.47 Å². The van der Waals surface area contributed by atoms with E-state index in [1.807, 2.05) is 18.2 Å². The van der Waals surface area contributed by atoms with Gasteiger partial charge in [0.15, 0.2) is 0 Å². The number of rotatable bonds is 5. The second-order valence-electron chi connectivity index (χ2n) is 4.65. The quantitative estimate of drug-likeness (QED) is 0.879. The van der Waals surface area contributed by atoms with E-state index in [4.69, 9.17) is 9.47 Å². The second-order valence-corrected chi connectivity index (χ2v) is 5.50. The molecule has 108 valence electrons. The first-order valence-electron chi connectivity index (χ1n) is 6.46. The number of methoxy groups -OCH3 is 1. The van der Waals surface area contributed by atoms with Crippen molar-refractivity contribution in [1.29, 1.82) is 0 Å². The van der Waals surface area contributed by atoms with Crippen LogP contribution in [0.25, 0.3) is 0 Å². The maximum Gasteiger partial charge on any atom is 0.133 e. The summed E-state index contributed by atoms with van der Waals surface area (Å²) < 4.78 is 11.9. The van der Waals surface area contributed by atoms with E-state index in [-0.39, 0.29) is 12.4 Å². The van der Waals surface area contributed by atoms with Gasteiger partial charge in [-0.1, -0.05) is 0 Å². The van der Waals surface area contributed by atoms with Crippen LogP contribution >= 0.6 is 28.3 Å². The fraction of sp³-hybridized carbons (Fsp3) is 0.571. The molecule has 0 radical (unpaired) electrons. The second kappa shape index (κ2) is 8.67. The molecule has 1 aromatic carbocycles. The van der Waals surface area contributed by atoms with Gasteiger partial charge in [0.25, 0.3) is 0 Å². The molecule has 1 saturated heterocycles. The summed E-state index contributed by atoms with van der Waals surface area (Å²) in [5.74, 6) is 2.49. The minimum absolute atomic E-state index is 0. The van der Waals surface area contributed by atoms with E-state index in [0.29, 0.717) is 0 Å². The molecule has 0 bridgehead atoms. The molecule has 0 spiro atoms. The van der Waals surface area contributed by atoms with Crippen LogP contribution < -0.4 is 14.8 Å². The van der Waals surface area contributed by atoms with Gasteiger partial charge in [-0.25, -0.2) is 0 Å². The molecule has 1 heterocycles. The van der Waals surface area contributed by atoms with Crippen LogP contribution in [0.5, 0.6) is 11.5 Å². The first-order chi connectivity index (χ1) is 8.79. The molecule has 5 heteroatoms. The fourth-order valence-corrected chi connectivity index (χ4v) is 2.70. The molecular formula is C14H21BrClNO2. The zero-order valence-electron chi connectivity index (χ0n) is 11.2. The van der Waals surface area contributed by atoms with Crippen molar-refractivity contribution >= 4 is 28.3 Å². The van der Waals surface area contributed by atoms with Crippen LogP contribution in [0.4, 0.5) is 0 Å². The van der Waals surface area contributed by atoms with E-state index >= 15 is 0 Å². The fourth-order valence-electron chi connectivity index (χ4n) is 2.23. The number of hydrogen-bond acceptors (Lipinski definition) is 3. The van der Waals surface area contributed by atoms with Crippen molar-refractivity contribution in [3.05, 3.63) is 22.7 Å². The van der Waals surface area contributed by atoms with E-state index in [9.17, 15) is 0 Å². The Kier molecular flexibility index (Phi) is 7.57. The average molecular weight is 351 g/mol. The molecular weight excluding hydrogens is 330 g/mol. The number of hydrogen-bond donors (Lipinski definition) is 1. The molecule has 0 aromatic heterocycles. The molecule has 19 heavy (non-hydrogen) atoms. The Morgan fingerprint density at radius 1 is 1.42 bits per heavy atom. The minimum atomic E-state index is 0. The van der Waals surface area contributed by atoms with Crippen molar-refractivity contribution in [2.75, 3.05) is 26.8 Å². The van der Waals surface area contributed by atoms with Gasteiger partial charge in [-0.15, -0.1) is 12.4 Å². The Balaban J connectivity index is 0.00000180. The van der Waals surface area contributed by atoms with Crippen molar-refractivity contribution in [3.63, 3.8) is 0 Å². The summed E-state index contributed by atoms with van der Waals surface area (Å²) >= 11 is 3.50. The zero-order chi connectivity index (χ0) is 12.8. The van der Waals surface area contributed by atoms with Crippen molar-refractivity contribution in [2.45, 2.75) is 19.3 Å². The number of piperidine rings is 1. The van der Waals surface area contributed by atoms with E-state index < -0.39 is 0 Å². The van der Waals surface area contributed by atoms with E-state index in [0.717, 1.165) is 41.5 Å². The van der Waals surface area contributed by atoms with Crippen molar-refractivity contribution in [2.24, 2.45) is 5.92 Å². The summed E-state index contributed by atoms with van der Waals surface area (Å²) in [4.78, 5) is 0. The summed E-state index contributed by atoms with van der Waals surface area (Å²) in [6, 6.07) is 5.79. The van der Waals surface area contributed by atoms with Gasteiger partial charge >= 0.3 is 0 Å². The van der Waals surface area contributed by atoms with Gasteiger partial charge < -0.3 is 14.8 Å². The molecule has 1 atom stereocenters. The molecule has 1 aliphatic rings. The smallest absolute Gasteiger partial charge is 0.133 e. The van der Waals surface area contributed by atoms with Crippen molar-refractivity contribution in [1.82, 2.24) is 5.32 Å². The lowest BCUT2D eigenvalue weighted by molar-refractivity contribution is 0.253. The van der Waals surface area contributed by atoms with Gasteiger partial charge in [-0.2, -0.15) is 0 Å². The molecule has 1 unspecified atom stereocenters. The normalized spacial score (nSPS) is 18.5. The Bertz CT molecular complexity index is 384. The van der Waals surface area contributed by atoms with E-state index in [1.165, 1.54) is 19.4 Å². The Labute approximate surface area is 129 Å². The van der Waals surface area contributed by atoms with Gasteiger partial charge in [0.1, 0.15) is 11.5 Å². The van der Waals surface area contributed by atoms with Crippen LogP contribution in [0, 0.1) is 5.92 Å². The molecule has 3 nitrogen and oxygen atoms in total. The molecule has 2 rings (SSSR count). The maximum absolute atomic E-state index is 5.81. The summed E-state index contributed by atoms with van der Waals surface area (Å²) in [5, 5.41) is 3.43. The Morgan fingerprint density at radius 2 is 2.26 bits per heavy atom. The SMILES string of the molecule is COc1ccc(OCCC2CCCNC2)c(Br)c1.Cl. The number of nitrogens with one attached hydrogen (secondary N) is 1. The topological polar surface area (TPSA) is 30.5 Å². The third-order valence-corrected chi connectivity index (χ3v) is 3.94. The lowest BCUT2D eigenvalue weighted by Gasteiger charge is -2.22. The number of halogens is 2. The molecule has 0 aliphatic carbocycles. The maximum atomic E-state index is 5.81. The highest BCUT2D eigenvalue weighted by atomic mass is 79.9. The average Bonchev–Trinajstić information content (AvgIpc) is 2.42. The molecule has 1 aliphatic heterocycles. The van der Waals surface area contributed by atoms with Crippen LogP contribution in [-0.4, -0.2) is 26.8 Å². The van der Waals surface area contributed by atoms with Gasteiger partial charge in [-0.05, 0) is 72.4 Å². The van der Waals surface area contributed by atoms with Gasteiger partial charge in [0.2, 0.25) is 0 Å². The largest absolute Gasteiger partial charge is 0.497 e. The Morgan fingerprint density at radius 3 is 2.89 bits per heavy atom. The van der Waals surface area contributed by atoms with Gasteiger partial charge in [-0.3, -0.25) is 0 Å². The van der Waals surface area contributed by atoms with Crippen LogP contribution in [0.2, 0.25) is 0 Å². The first kappa shape index (κ1) is 16.6. The molecule has 1 fully saturated rings. The molecule has 1 N–H and O–H groups in total. The monoisotopic (exact) mass is 349 g/mol. The summed E-state index contributed by atoms with van der Waals surface area (Å²) in [6.45, 7) is 3.08. The van der Waals surface area contributed by atoms with Crippen molar-refractivity contribution in [3.8, 4) is 11.5 Å². The van der Waals surface area contributed by atoms with Gasteiger partial charge in [0.05, 0.1) is 18.2 Å². The molecule has 0 saturated carbocycles. The van der Waals surface area contributed by atoms with Gasteiger partial charge in [0, 0.05) is 0 Å². The third-order valence-electron chi connectivity index (χ3n) is 3.32.